The average molecular weight is 499 g/mol. The Morgan fingerprint density at radius 3 is 2.16 bits per heavy atom. The van der Waals surface area contributed by atoms with Crippen LogP contribution in [0.3, 0.4) is 0 Å². The van der Waals surface area contributed by atoms with Gasteiger partial charge in [-0.25, -0.2) is 18.0 Å². The molecule has 1 atom stereocenters. The van der Waals surface area contributed by atoms with E-state index >= 15 is 0 Å². The minimum absolute atomic E-state index is 0.00475. The zero-order valence-electron chi connectivity index (χ0n) is 17.3. The first-order valence-corrected chi connectivity index (χ1v) is 12.8. The summed E-state index contributed by atoms with van der Waals surface area (Å²) in [7, 11) is -4.23. The number of rotatable bonds is 7. The summed E-state index contributed by atoms with van der Waals surface area (Å²) in [5.74, 6) is -2.98. The molecule has 0 saturated carbocycles. The molecule has 2 heterocycles. The monoisotopic (exact) mass is 498 g/mol. The van der Waals surface area contributed by atoms with Crippen molar-refractivity contribution in [2.75, 3.05) is 26.2 Å². The van der Waals surface area contributed by atoms with E-state index in [4.69, 9.17) is 0 Å². The van der Waals surface area contributed by atoms with Crippen LogP contribution in [-0.4, -0.2) is 77.1 Å². The maximum absolute atomic E-state index is 13.1. The highest BCUT2D eigenvalue weighted by atomic mass is 32.2. The average Bonchev–Trinajstić information content (AvgIpc) is 3.12. The van der Waals surface area contributed by atoms with E-state index in [0.29, 0.717) is 11.3 Å². The molecule has 172 valence electrons. The lowest BCUT2D eigenvalue weighted by Crippen LogP contribution is -2.52. The van der Waals surface area contributed by atoms with Crippen LogP contribution in [0.15, 0.2) is 39.4 Å². The Hall–Kier alpha value is -2.41. The fourth-order valence-electron chi connectivity index (χ4n) is 3.40. The number of carboxylic acid groups (broad SMARTS) is 2. The van der Waals surface area contributed by atoms with Gasteiger partial charge in [0.2, 0.25) is 5.91 Å². The van der Waals surface area contributed by atoms with Crippen molar-refractivity contribution in [3.63, 3.8) is 0 Å². The van der Waals surface area contributed by atoms with Crippen molar-refractivity contribution in [3.05, 3.63) is 46.3 Å². The Bertz CT molecular complexity index is 1140. The first-order valence-electron chi connectivity index (χ1n) is 9.64. The van der Waals surface area contributed by atoms with Gasteiger partial charge in [-0.05, 0) is 31.5 Å². The highest BCUT2D eigenvalue weighted by molar-refractivity contribution is 8.00. The predicted molar refractivity (Wildman–Crippen MR) is 120 cm³/mol. The Kier molecular flexibility index (Phi) is 7.28. The van der Waals surface area contributed by atoms with E-state index in [1.54, 1.807) is 11.8 Å². The summed E-state index contributed by atoms with van der Waals surface area (Å²) in [6, 6.07) is 9.48. The summed E-state index contributed by atoms with van der Waals surface area (Å²) in [6.45, 7) is 3.39. The van der Waals surface area contributed by atoms with E-state index in [9.17, 15) is 33.0 Å². The van der Waals surface area contributed by atoms with Crippen molar-refractivity contribution in [3.8, 4) is 0 Å². The SMILES string of the molecule is Cc1c(C(=O)O)sc(S(=O)(=O)N2CCN(C(=O)[C@@H](C)Sc3ccccc3)CC2)c1C(=O)O. The molecule has 32 heavy (non-hydrogen) atoms. The van der Waals surface area contributed by atoms with E-state index in [0.717, 1.165) is 9.20 Å². The maximum Gasteiger partial charge on any atom is 0.346 e. The van der Waals surface area contributed by atoms with E-state index in [1.807, 2.05) is 30.3 Å². The second kappa shape index (κ2) is 9.61. The molecule has 1 fully saturated rings. The van der Waals surface area contributed by atoms with Crippen molar-refractivity contribution in [2.45, 2.75) is 28.2 Å². The van der Waals surface area contributed by atoms with Gasteiger partial charge in [-0.1, -0.05) is 18.2 Å². The molecule has 1 aromatic carbocycles. The summed E-state index contributed by atoms with van der Waals surface area (Å²) < 4.78 is 26.9. The molecule has 0 unspecified atom stereocenters. The molecule has 0 bridgehead atoms. The van der Waals surface area contributed by atoms with Gasteiger partial charge in [-0.2, -0.15) is 4.31 Å². The highest BCUT2D eigenvalue weighted by Gasteiger charge is 2.37. The molecule has 1 saturated heterocycles. The summed E-state index contributed by atoms with van der Waals surface area (Å²) in [6.07, 6.45) is 0. The topological polar surface area (TPSA) is 132 Å². The molecule has 3 rings (SSSR count). The van der Waals surface area contributed by atoms with Crippen LogP contribution in [0.25, 0.3) is 0 Å². The van der Waals surface area contributed by atoms with Gasteiger partial charge in [-0.15, -0.1) is 23.1 Å². The first kappa shape index (κ1) is 24.2. The third-order valence-electron chi connectivity index (χ3n) is 5.05. The number of amides is 1. The molecule has 1 amide bonds. The lowest BCUT2D eigenvalue weighted by Gasteiger charge is -2.35. The van der Waals surface area contributed by atoms with Crippen LogP contribution in [0, 0.1) is 6.92 Å². The zero-order chi connectivity index (χ0) is 23.6. The van der Waals surface area contributed by atoms with Crippen LogP contribution in [-0.2, 0) is 14.8 Å². The lowest BCUT2D eigenvalue weighted by atomic mass is 10.2. The number of thiophene rings is 1. The Balaban J connectivity index is 1.73. The lowest BCUT2D eigenvalue weighted by molar-refractivity contribution is -0.131. The predicted octanol–water partition coefficient (Wildman–Crippen LogP) is 2.47. The Morgan fingerprint density at radius 1 is 1.03 bits per heavy atom. The van der Waals surface area contributed by atoms with Gasteiger partial charge in [0.1, 0.15) is 4.88 Å². The number of sulfonamides is 1. The quantitative estimate of drug-likeness (QED) is 0.557. The van der Waals surface area contributed by atoms with Gasteiger partial charge in [0.15, 0.2) is 4.21 Å². The molecule has 0 radical (unpaired) electrons. The number of carbonyl (C=O) groups is 3. The van der Waals surface area contributed by atoms with E-state index in [2.05, 4.69) is 0 Å². The van der Waals surface area contributed by atoms with Crippen LogP contribution in [0.5, 0.6) is 0 Å². The number of carboxylic acids is 2. The fourth-order valence-corrected chi connectivity index (χ4v) is 7.60. The Labute approximate surface area is 193 Å². The van der Waals surface area contributed by atoms with Crippen LogP contribution >= 0.6 is 23.1 Å². The minimum atomic E-state index is -4.23. The van der Waals surface area contributed by atoms with Gasteiger partial charge in [0, 0.05) is 31.1 Å². The molecule has 1 aliphatic rings. The molecule has 1 aliphatic heterocycles. The number of carbonyl (C=O) groups excluding carboxylic acids is 1. The van der Waals surface area contributed by atoms with Gasteiger partial charge in [0.25, 0.3) is 10.0 Å². The molecule has 1 aromatic heterocycles. The van der Waals surface area contributed by atoms with Gasteiger partial charge in [-0.3, -0.25) is 4.79 Å². The molecular formula is C20H22N2O7S3. The van der Waals surface area contributed by atoms with Gasteiger partial charge < -0.3 is 15.1 Å². The highest BCUT2D eigenvalue weighted by Crippen LogP contribution is 2.34. The molecule has 0 aliphatic carbocycles. The van der Waals surface area contributed by atoms with Crippen LogP contribution < -0.4 is 0 Å². The third-order valence-corrected chi connectivity index (χ3v) is 9.82. The number of thioether (sulfide) groups is 1. The first-order chi connectivity index (χ1) is 15.0. The summed E-state index contributed by atoms with van der Waals surface area (Å²) in [5.41, 5.74) is -0.604. The van der Waals surface area contributed by atoms with Crippen molar-refractivity contribution < 1.29 is 33.0 Å². The number of hydrogen-bond donors (Lipinski definition) is 2. The van der Waals surface area contributed by atoms with Gasteiger partial charge >= 0.3 is 11.9 Å². The van der Waals surface area contributed by atoms with Crippen molar-refractivity contribution in [1.82, 2.24) is 9.21 Å². The van der Waals surface area contributed by atoms with Crippen molar-refractivity contribution >= 4 is 51.0 Å². The molecular weight excluding hydrogens is 476 g/mol. The molecule has 2 N–H and O–H groups in total. The maximum atomic E-state index is 13.1. The second-order valence-corrected chi connectivity index (χ2v) is 11.7. The number of nitrogens with zero attached hydrogens (tertiary/aromatic N) is 2. The number of benzene rings is 1. The zero-order valence-corrected chi connectivity index (χ0v) is 19.8. The second-order valence-electron chi connectivity index (χ2n) is 7.13. The molecule has 2 aromatic rings. The number of aromatic carboxylic acids is 2. The van der Waals surface area contributed by atoms with E-state index < -0.39 is 31.7 Å². The van der Waals surface area contributed by atoms with Crippen LogP contribution in [0.2, 0.25) is 0 Å². The molecule has 12 heteroatoms. The van der Waals surface area contributed by atoms with E-state index in [1.165, 1.54) is 18.7 Å². The standard InChI is InChI=1S/C20H22N2O7S3/c1-12-15(18(24)25)20(31-16(12)19(26)27)32(28,29)22-10-8-21(9-11-22)17(23)13(2)30-14-6-4-3-5-7-14/h3-7,13H,8-11H2,1-2H3,(H,24,25)(H,26,27)/t13-/m1/s1. The summed E-state index contributed by atoms with van der Waals surface area (Å²) in [5, 5.41) is 18.4. The fraction of sp³-hybridized carbons (Fsp3) is 0.350. The molecule has 0 spiro atoms. The number of piperazine rings is 1. The van der Waals surface area contributed by atoms with E-state index in [-0.39, 0.29) is 47.8 Å². The van der Waals surface area contributed by atoms with Crippen molar-refractivity contribution in [1.29, 1.82) is 0 Å². The third kappa shape index (κ3) is 4.82. The normalized spacial score (nSPS) is 16.0. The van der Waals surface area contributed by atoms with Crippen LogP contribution in [0.4, 0.5) is 0 Å². The minimum Gasteiger partial charge on any atom is -0.478 e. The van der Waals surface area contributed by atoms with Crippen molar-refractivity contribution in [2.24, 2.45) is 0 Å². The summed E-state index contributed by atoms with van der Waals surface area (Å²) >= 11 is 1.86. The Morgan fingerprint density at radius 2 is 1.62 bits per heavy atom. The van der Waals surface area contributed by atoms with Crippen LogP contribution in [0.1, 0.15) is 32.5 Å². The smallest absolute Gasteiger partial charge is 0.346 e. The molecule has 9 nitrogen and oxygen atoms in total. The number of hydrogen-bond acceptors (Lipinski definition) is 7. The van der Waals surface area contributed by atoms with Gasteiger partial charge in [0.05, 0.1) is 10.8 Å². The summed E-state index contributed by atoms with van der Waals surface area (Å²) in [4.78, 5) is 38.1. The largest absolute Gasteiger partial charge is 0.478 e.